The average Bonchev–Trinajstić information content (AvgIpc) is 3.35. The van der Waals surface area contributed by atoms with Crippen LogP contribution in [0.3, 0.4) is 0 Å². The maximum Gasteiger partial charge on any atom is 0.274 e. The van der Waals surface area contributed by atoms with E-state index < -0.39 is 11.6 Å². The highest BCUT2D eigenvalue weighted by atomic mass is 19.2. The molecule has 0 unspecified atom stereocenters. The number of carbonyl (C=O) groups is 2. The van der Waals surface area contributed by atoms with Gasteiger partial charge in [-0.05, 0) is 42.4 Å². The Kier molecular flexibility index (Phi) is 5.58. The van der Waals surface area contributed by atoms with Crippen LogP contribution in [0.2, 0.25) is 0 Å². The first-order chi connectivity index (χ1) is 14.4. The van der Waals surface area contributed by atoms with Crippen molar-refractivity contribution in [1.29, 1.82) is 0 Å². The van der Waals surface area contributed by atoms with Crippen LogP contribution in [0.4, 0.5) is 8.78 Å². The number of rotatable bonds is 4. The molecule has 1 aromatic heterocycles. The fraction of sp³-hybridized carbons (Fsp3) is 0.500. The largest absolute Gasteiger partial charge is 0.337 e. The number of amides is 2. The minimum absolute atomic E-state index is 0.0528. The lowest BCUT2D eigenvalue weighted by Gasteiger charge is -2.33. The molecule has 4 rings (SSSR count). The molecular weight excluding hydrogens is 390 g/mol. The van der Waals surface area contributed by atoms with Gasteiger partial charge in [-0.1, -0.05) is 19.9 Å². The maximum absolute atomic E-state index is 14.2. The number of hydrogen-bond acceptors (Lipinski definition) is 3. The zero-order valence-electron chi connectivity index (χ0n) is 17.3. The lowest BCUT2D eigenvalue weighted by molar-refractivity contribution is -0.131. The van der Waals surface area contributed by atoms with Crippen molar-refractivity contribution in [2.75, 3.05) is 13.1 Å². The van der Waals surface area contributed by atoms with Gasteiger partial charge in [-0.3, -0.25) is 14.7 Å². The van der Waals surface area contributed by atoms with Crippen LogP contribution in [0.1, 0.15) is 71.9 Å². The summed E-state index contributed by atoms with van der Waals surface area (Å²) in [4.78, 5) is 28.5. The van der Waals surface area contributed by atoms with Gasteiger partial charge in [0.05, 0.1) is 18.8 Å². The highest BCUT2D eigenvalue weighted by Gasteiger charge is 2.33. The Morgan fingerprint density at radius 2 is 1.87 bits per heavy atom. The molecule has 2 aliphatic heterocycles. The first kappa shape index (κ1) is 20.5. The fourth-order valence-electron chi connectivity index (χ4n) is 4.61. The number of fused-ring (bicyclic) bond motifs is 1. The molecule has 3 heterocycles. The van der Waals surface area contributed by atoms with E-state index in [1.165, 1.54) is 6.07 Å². The smallest absolute Gasteiger partial charge is 0.274 e. The van der Waals surface area contributed by atoms with E-state index in [-0.39, 0.29) is 17.7 Å². The first-order valence-electron chi connectivity index (χ1n) is 10.5. The van der Waals surface area contributed by atoms with Gasteiger partial charge in [0.15, 0.2) is 17.3 Å². The summed E-state index contributed by atoms with van der Waals surface area (Å²) < 4.78 is 27.8. The monoisotopic (exact) mass is 416 g/mol. The molecule has 0 saturated carbocycles. The zero-order chi connectivity index (χ0) is 21.4. The minimum Gasteiger partial charge on any atom is -0.337 e. The summed E-state index contributed by atoms with van der Waals surface area (Å²) in [7, 11) is 0. The Hall–Kier alpha value is -2.77. The highest BCUT2D eigenvalue weighted by Crippen LogP contribution is 2.33. The molecule has 1 aromatic carbocycles. The van der Waals surface area contributed by atoms with Crippen molar-refractivity contribution in [3.05, 3.63) is 51.8 Å². The van der Waals surface area contributed by atoms with E-state index in [1.54, 1.807) is 15.9 Å². The summed E-state index contributed by atoms with van der Waals surface area (Å²) in [5.74, 6) is -1.56. The standard InChI is InChI=1S/C22H26F2N4O2/c1-3-14-15(5-6-17(23)20(14)24)13-7-9-27(10-8-13)22(30)21-16-11-28(19(29)4-2)12-18(16)25-26-21/h5-6,13H,3-4,7-12H2,1-2H3,(H,25,26). The number of benzene rings is 1. The van der Waals surface area contributed by atoms with E-state index >= 15 is 0 Å². The van der Waals surface area contributed by atoms with Crippen molar-refractivity contribution in [1.82, 2.24) is 20.0 Å². The molecule has 0 bridgehead atoms. The Morgan fingerprint density at radius 1 is 1.13 bits per heavy atom. The second kappa shape index (κ2) is 8.16. The van der Waals surface area contributed by atoms with Crippen molar-refractivity contribution in [2.45, 2.75) is 58.5 Å². The van der Waals surface area contributed by atoms with Crippen molar-refractivity contribution >= 4 is 11.8 Å². The topological polar surface area (TPSA) is 69.3 Å². The van der Waals surface area contributed by atoms with Gasteiger partial charge in [-0.25, -0.2) is 8.78 Å². The number of likely N-dealkylation sites (tertiary alicyclic amines) is 1. The summed E-state index contributed by atoms with van der Waals surface area (Å²) in [6.07, 6.45) is 2.25. The summed E-state index contributed by atoms with van der Waals surface area (Å²) in [5, 5.41) is 7.12. The van der Waals surface area contributed by atoms with Crippen molar-refractivity contribution in [2.24, 2.45) is 0 Å². The number of carbonyl (C=O) groups excluding carboxylic acids is 2. The Labute approximate surface area is 174 Å². The van der Waals surface area contributed by atoms with Crippen LogP contribution in [0.5, 0.6) is 0 Å². The number of nitrogens with zero attached hydrogens (tertiary/aromatic N) is 3. The maximum atomic E-state index is 14.2. The molecule has 6 nitrogen and oxygen atoms in total. The third-order valence-corrected chi connectivity index (χ3v) is 6.32. The molecule has 1 saturated heterocycles. The number of H-pyrrole nitrogens is 1. The van der Waals surface area contributed by atoms with Crippen LogP contribution in [-0.4, -0.2) is 44.9 Å². The van der Waals surface area contributed by atoms with Crippen LogP contribution in [0, 0.1) is 11.6 Å². The number of aromatic amines is 1. The molecular formula is C22H26F2N4O2. The second-order valence-corrected chi connectivity index (χ2v) is 7.98. The minimum atomic E-state index is -0.814. The van der Waals surface area contributed by atoms with Crippen LogP contribution < -0.4 is 0 Å². The van der Waals surface area contributed by atoms with Gasteiger partial charge in [0, 0.05) is 25.1 Å². The van der Waals surface area contributed by atoms with Crippen molar-refractivity contribution in [3.63, 3.8) is 0 Å². The van der Waals surface area contributed by atoms with E-state index in [0.717, 1.165) is 16.8 Å². The normalized spacial score (nSPS) is 16.8. The van der Waals surface area contributed by atoms with Gasteiger partial charge in [0.2, 0.25) is 5.91 Å². The molecule has 1 N–H and O–H groups in total. The van der Waals surface area contributed by atoms with Crippen LogP contribution >= 0.6 is 0 Å². The fourth-order valence-corrected chi connectivity index (χ4v) is 4.61. The first-order valence-corrected chi connectivity index (χ1v) is 10.5. The van der Waals surface area contributed by atoms with E-state index in [2.05, 4.69) is 10.2 Å². The number of halogens is 2. The molecule has 160 valence electrons. The predicted molar refractivity (Wildman–Crippen MR) is 107 cm³/mol. The summed E-state index contributed by atoms with van der Waals surface area (Å²) in [6, 6.07) is 2.87. The van der Waals surface area contributed by atoms with Crippen molar-refractivity contribution < 1.29 is 18.4 Å². The highest BCUT2D eigenvalue weighted by molar-refractivity contribution is 5.94. The number of hydrogen-bond donors (Lipinski definition) is 1. The van der Waals surface area contributed by atoms with Crippen LogP contribution in [0.25, 0.3) is 0 Å². The number of aromatic nitrogens is 2. The molecule has 2 amide bonds. The summed E-state index contributed by atoms with van der Waals surface area (Å²) in [6.45, 7) is 5.58. The summed E-state index contributed by atoms with van der Waals surface area (Å²) in [5.41, 5.74) is 3.29. The Balaban J connectivity index is 1.45. The number of piperidine rings is 1. The van der Waals surface area contributed by atoms with Gasteiger partial charge in [0.25, 0.3) is 5.91 Å². The van der Waals surface area contributed by atoms with E-state index in [1.807, 2.05) is 13.8 Å². The third-order valence-electron chi connectivity index (χ3n) is 6.32. The molecule has 0 radical (unpaired) electrons. The Bertz CT molecular complexity index is 980. The lowest BCUT2D eigenvalue weighted by Crippen LogP contribution is -2.38. The van der Waals surface area contributed by atoms with E-state index in [9.17, 15) is 18.4 Å². The van der Waals surface area contributed by atoms with Gasteiger partial charge in [-0.15, -0.1) is 0 Å². The van der Waals surface area contributed by atoms with Crippen LogP contribution in [0.15, 0.2) is 12.1 Å². The zero-order valence-corrected chi connectivity index (χ0v) is 17.3. The molecule has 0 atom stereocenters. The van der Waals surface area contributed by atoms with E-state index in [4.69, 9.17) is 0 Å². The molecule has 8 heteroatoms. The van der Waals surface area contributed by atoms with Crippen molar-refractivity contribution in [3.8, 4) is 0 Å². The van der Waals surface area contributed by atoms with Crippen LogP contribution in [-0.2, 0) is 24.3 Å². The molecule has 30 heavy (non-hydrogen) atoms. The third kappa shape index (κ3) is 3.48. The quantitative estimate of drug-likeness (QED) is 0.829. The molecule has 0 aliphatic carbocycles. The summed E-state index contributed by atoms with van der Waals surface area (Å²) >= 11 is 0. The molecule has 2 aliphatic rings. The van der Waals surface area contributed by atoms with Gasteiger partial charge < -0.3 is 9.80 Å². The van der Waals surface area contributed by atoms with Gasteiger partial charge >= 0.3 is 0 Å². The molecule has 1 fully saturated rings. The van der Waals surface area contributed by atoms with Gasteiger partial charge in [-0.2, -0.15) is 5.10 Å². The SMILES string of the molecule is CCC(=O)N1Cc2[nH]nc(C(=O)N3CCC(c4ccc(F)c(F)c4CC)CC3)c2C1. The van der Waals surface area contributed by atoms with Gasteiger partial charge in [0.1, 0.15) is 0 Å². The Morgan fingerprint density at radius 3 is 2.53 bits per heavy atom. The van der Waals surface area contributed by atoms with E-state index in [0.29, 0.717) is 63.1 Å². The number of nitrogens with one attached hydrogen (secondary N) is 1. The second-order valence-electron chi connectivity index (χ2n) is 7.98. The molecule has 2 aromatic rings. The average molecular weight is 416 g/mol. The predicted octanol–water partition coefficient (Wildman–Crippen LogP) is 3.52. The lowest BCUT2D eigenvalue weighted by atomic mass is 9.85. The molecule has 0 spiro atoms.